The number of rotatable bonds is 2. The third-order valence-corrected chi connectivity index (χ3v) is 5.97. The smallest absolute Gasteiger partial charge is 0.163 e. The SMILES string of the molecule is c1cncc(-c2nc3c(c(N4CCN5CCC[C@H]5C4)n2)CCNCC3)c1. The van der Waals surface area contributed by atoms with Crippen LogP contribution in [0.15, 0.2) is 24.5 Å². The summed E-state index contributed by atoms with van der Waals surface area (Å²) < 4.78 is 0. The van der Waals surface area contributed by atoms with Crippen molar-refractivity contribution < 1.29 is 0 Å². The molecule has 3 aliphatic rings. The Kier molecular flexibility index (Phi) is 4.30. The van der Waals surface area contributed by atoms with Gasteiger partial charge in [0.2, 0.25) is 0 Å². The van der Waals surface area contributed by atoms with Crippen LogP contribution in [0.5, 0.6) is 0 Å². The van der Waals surface area contributed by atoms with Crippen LogP contribution in [0.2, 0.25) is 0 Å². The highest BCUT2D eigenvalue weighted by Gasteiger charge is 2.32. The Balaban J connectivity index is 1.56. The van der Waals surface area contributed by atoms with Crippen molar-refractivity contribution in [1.82, 2.24) is 25.2 Å². The van der Waals surface area contributed by atoms with Crippen LogP contribution < -0.4 is 10.2 Å². The molecule has 0 saturated carbocycles. The van der Waals surface area contributed by atoms with Gasteiger partial charge in [0.05, 0.1) is 5.69 Å². The molecule has 0 radical (unpaired) electrons. The molecule has 136 valence electrons. The molecule has 2 fully saturated rings. The van der Waals surface area contributed by atoms with E-state index in [0.29, 0.717) is 6.04 Å². The van der Waals surface area contributed by atoms with Crippen LogP contribution in [0.25, 0.3) is 11.4 Å². The van der Waals surface area contributed by atoms with E-state index in [2.05, 4.69) is 26.2 Å². The fourth-order valence-corrected chi connectivity index (χ4v) is 4.59. The number of piperazine rings is 1. The van der Waals surface area contributed by atoms with Crippen molar-refractivity contribution in [3.63, 3.8) is 0 Å². The van der Waals surface area contributed by atoms with Gasteiger partial charge in [0.25, 0.3) is 0 Å². The van der Waals surface area contributed by atoms with Gasteiger partial charge in [-0.25, -0.2) is 9.97 Å². The topological polar surface area (TPSA) is 57.2 Å². The highest BCUT2D eigenvalue weighted by atomic mass is 15.3. The Hall–Kier alpha value is -2.05. The van der Waals surface area contributed by atoms with Gasteiger partial charge in [0.1, 0.15) is 5.82 Å². The molecule has 1 N–H and O–H groups in total. The molecule has 0 unspecified atom stereocenters. The lowest BCUT2D eigenvalue weighted by molar-refractivity contribution is 0.230. The second kappa shape index (κ2) is 6.93. The highest BCUT2D eigenvalue weighted by molar-refractivity contribution is 5.60. The van der Waals surface area contributed by atoms with Crippen molar-refractivity contribution in [3.8, 4) is 11.4 Å². The molecule has 5 heterocycles. The van der Waals surface area contributed by atoms with Crippen LogP contribution in [-0.2, 0) is 12.8 Å². The summed E-state index contributed by atoms with van der Waals surface area (Å²) in [5.74, 6) is 1.99. The summed E-state index contributed by atoms with van der Waals surface area (Å²) in [4.78, 5) is 19.4. The molecule has 0 aliphatic carbocycles. The van der Waals surface area contributed by atoms with E-state index in [1.807, 2.05) is 12.3 Å². The number of hydrogen-bond donors (Lipinski definition) is 1. The van der Waals surface area contributed by atoms with Crippen LogP contribution in [-0.4, -0.2) is 65.2 Å². The molecule has 0 bridgehead atoms. The molecule has 2 aromatic rings. The number of anilines is 1. The number of nitrogens with one attached hydrogen (secondary N) is 1. The van der Waals surface area contributed by atoms with Crippen molar-refractivity contribution in [2.45, 2.75) is 31.7 Å². The molecule has 0 aromatic carbocycles. The quantitative estimate of drug-likeness (QED) is 0.886. The van der Waals surface area contributed by atoms with E-state index in [-0.39, 0.29) is 0 Å². The van der Waals surface area contributed by atoms with Crippen LogP contribution in [0.4, 0.5) is 5.82 Å². The molecule has 3 aliphatic heterocycles. The van der Waals surface area contributed by atoms with Gasteiger partial charge in [-0.15, -0.1) is 0 Å². The number of aromatic nitrogens is 3. The van der Waals surface area contributed by atoms with Crippen molar-refractivity contribution in [3.05, 3.63) is 35.8 Å². The van der Waals surface area contributed by atoms with Gasteiger partial charge in [0, 0.05) is 62.2 Å². The summed E-state index contributed by atoms with van der Waals surface area (Å²) in [6.45, 7) is 6.60. The standard InChI is InChI=1S/C20H26N6/c1-3-15(13-22-7-1)19-23-18-6-9-21-8-5-17(18)20(24-19)26-12-11-25-10-2-4-16(25)14-26/h1,3,7,13,16,21H,2,4-6,8-12,14H2/t16-/m0/s1. The monoisotopic (exact) mass is 350 g/mol. The summed E-state index contributed by atoms with van der Waals surface area (Å²) in [5.41, 5.74) is 3.58. The molecular weight excluding hydrogens is 324 g/mol. The second-order valence-electron chi connectivity index (χ2n) is 7.57. The van der Waals surface area contributed by atoms with Crippen molar-refractivity contribution in [2.24, 2.45) is 0 Å². The van der Waals surface area contributed by atoms with Crippen LogP contribution in [0.3, 0.4) is 0 Å². The minimum absolute atomic E-state index is 0.695. The minimum Gasteiger partial charge on any atom is -0.353 e. The molecule has 0 amide bonds. The van der Waals surface area contributed by atoms with E-state index < -0.39 is 0 Å². The Bertz CT molecular complexity index is 777. The van der Waals surface area contributed by atoms with Gasteiger partial charge in [-0.1, -0.05) is 0 Å². The highest BCUT2D eigenvalue weighted by Crippen LogP contribution is 2.30. The minimum atomic E-state index is 0.695. The normalized spacial score (nSPS) is 23.4. The largest absolute Gasteiger partial charge is 0.353 e. The first kappa shape index (κ1) is 16.1. The van der Waals surface area contributed by atoms with Crippen molar-refractivity contribution >= 4 is 5.82 Å². The zero-order valence-corrected chi connectivity index (χ0v) is 15.2. The van der Waals surface area contributed by atoms with E-state index in [0.717, 1.165) is 57.0 Å². The first-order valence-corrected chi connectivity index (χ1v) is 9.88. The van der Waals surface area contributed by atoms with Gasteiger partial charge < -0.3 is 10.2 Å². The zero-order chi connectivity index (χ0) is 17.3. The molecule has 6 heteroatoms. The maximum atomic E-state index is 5.06. The molecule has 1 atom stereocenters. The molecule has 2 aromatic heterocycles. The molecular formula is C20H26N6. The molecule has 0 spiro atoms. The second-order valence-corrected chi connectivity index (χ2v) is 7.57. The Morgan fingerprint density at radius 3 is 2.96 bits per heavy atom. The van der Waals surface area contributed by atoms with Crippen LogP contribution >= 0.6 is 0 Å². The number of nitrogens with zero attached hydrogens (tertiary/aromatic N) is 5. The first-order valence-electron chi connectivity index (χ1n) is 9.88. The lowest BCUT2D eigenvalue weighted by Crippen LogP contribution is -2.50. The Morgan fingerprint density at radius 2 is 2.04 bits per heavy atom. The fourth-order valence-electron chi connectivity index (χ4n) is 4.59. The van der Waals surface area contributed by atoms with Gasteiger partial charge in [-0.05, 0) is 44.5 Å². The molecule has 2 saturated heterocycles. The molecule has 26 heavy (non-hydrogen) atoms. The van der Waals surface area contributed by atoms with E-state index in [4.69, 9.17) is 9.97 Å². The van der Waals surface area contributed by atoms with E-state index >= 15 is 0 Å². The average molecular weight is 350 g/mol. The van der Waals surface area contributed by atoms with Crippen molar-refractivity contribution in [2.75, 3.05) is 44.2 Å². The van der Waals surface area contributed by atoms with Crippen LogP contribution in [0, 0.1) is 0 Å². The van der Waals surface area contributed by atoms with Crippen molar-refractivity contribution in [1.29, 1.82) is 0 Å². The number of pyridine rings is 1. The molecule has 5 rings (SSSR count). The van der Waals surface area contributed by atoms with Crippen LogP contribution in [0.1, 0.15) is 24.1 Å². The maximum Gasteiger partial charge on any atom is 0.163 e. The van der Waals surface area contributed by atoms with Gasteiger partial charge in [-0.2, -0.15) is 0 Å². The third-order valence-electron chi connectivity index (χ3n) is 5.97. The summed E-state index contributed by atoms with van der Waals surface area (Å²) in [7, 11) is 0. The zero-order valence-electron chi connectivity index (χ0n) is 15.2. The summed E-state index contributed by atoms with van der Waals surface area (Å²) in [6.07, 6.45) is 8.32. The van der Waals surface area contributed by atoms with Gasteiger partial charge in [-0.3, -0.25) is 9.88 Å². The Morgan fingerprint density at radius 1 is 1.08 bits per heavy atom. The summed E-state index contributed by atoms with van der Waals surface area (Å²) in [5, 5.41) is 3.51. The number of hydrogen-bond acceptors (Lipinski definition) is 6. The number of fused-ring (bicyclic) bond motifs is 2. The fraction of sp³-hybridized carbons (Fsp3) is 0.550. The predicted molar refractivity (Wildman–Crippen MR) is 102 cm³/mol. The molecule has 6 nitrogen and oxygen atoms in total. The van der Waals surface area contributed by atoms with Gasteiger partial charge in [0.15, 0.2) is 5.82 Å². The van der Waals surface area contributed by atoms with Gasteiger partial charge >= 0.3 is 0 Å². The Labute approximate surface area is 154 Å². The van der Waals surface area contributed by atoms with E-state index in [9.17, 15) is 0 Å². The average Bonchev–Trinajstić information content (AvgIpc) is 3.03. The summed E-state index contributed by atoms with van der Waals surface area (Å²) >= 11 is 0. The first-order chi connectivity index (χ1) is 12.9. The predicted octanol–water partition coefficient (Wildman–Crippen LogP) is 1.51. The lowest BCUT2D eigenvalue weighted by atomic mass is 10.1. The maximum absolute atomic E-state index is 5.06. The third kappa shape index (κ3) is 2.97. The summed E-state index contributed by atoms with van der Waals surface area (Å²) in [6, 6.07) is 4.71. The van der Waals surface area contributed by atoms with E-state index in [1.165, 1.54) is 36.5 Å². The lowest BCUT2D eigenvalue weighted by Gasteiger charge is -2.39. The van der Waals surface area contributed by atoms with E-state index in [1.54, 1.807) is 6.20 Å².